The molecule has 0 spiro atoms. The molecule has 1 aromatic heterocycles. The summed E-state index contributed by atoms with van der Waals surface area (Å²) in [5.74, 6) is -1.87. The van der Waals surface area contributed by atoms with Gasteiger partial charge in [0.15, 0.2) is 6.61 Å². The Morgan fingerprint density at radius 1 is 1.30 bits per heavy atom. The van der Waals surface area contributed by atoms with Gasteiger partial charge < -0.3 is 10.1 Å². The highest BCUT2D eigenvalue weighted by Gasteiger charge is 2.35. The Hall–Kier alpha value is -3.21. The van der Waals surface area contributed by atoms with E-state index < -0.39 is 46.5 Å². The predicted octanol–water partition coefficient (Wildman–Crippen LogP) is 3.87. The number of alkyl halides is 3. The van der Waals surface area contributed by atoms with E-state index >= 15 is 0 Å². The molecule has 0 fully saturated rings. The minimum atomic E-state index is -4.92. The third kappa shape index (κ3) is 5.92. The minimum Gasteiger partial charge on any atom is -0.452 e. The molecule has 0 saturated heterocycles. The number of thiophene rings is 1. The number of hydrogen-bond donors (Lipinski definition) is 1. The van der Waals surface area contributed by atoms with Gasteiger partial charge in [0, 0.05) is 23.1 Å². The molecular weight excluding hydrogens is 389 g/mol. The van der Waals surface area contributed by atoms with Crippen LogP contribution in [0.1, 0.15) is 10.4 Å². The van der Waals surface area contributed by atoms with E-state index in [0.717, 1.165) is 23.1 Å². The third-order valence-corrected chi connectivity index (χ3v) is 3.90. The normalized spacial score (nSPS) is 11.4. The second-order valence-electron chi connectivity index (χ2n) is 4.99. The molecule has 0 saturated carbocycles. The van der Waals surface area contributed by atoms with Crippen LogP contribution in [0.5, 0.6) is 0 Å². The molecule has 11 heteroatoms. The lowest BCUT2D eigenvalue weighted by Gasteiger charge is -2.13. The Morgan fingerprint density at radius 3 is 2.63 bits per heavy atom. The molecule has 0 aliphatic carbocycles. The molecule has 1 amide bonds. The molecule has 142 valence electrons. The third-order valence-electron chi connectivity index (χ3n) is 3.07. The van der Waals surface area contributed by atoms with E-state index in [1.54, 1.807) is 17.5 Å². The van der Waals surface area contributed by atoms with Crippen LogP contribution in [0, 0.1) is 10.1 Å². The van der Waals surface area contributed by atoms with Crippen LogP contribution < -0.4 is 5.32 Å². The number of nitro groups is 1. The number of nitro benzene ring substituents is 1. The summed E-state index contributed by atoms with van der Waals surface area (Å²) >= 11 is 1.37. The molecule has 1 heterocycles. The smallest absolute Gasteiger partial charge is 0.418 e. The zero-order chi connectivity index (χ0) is 20.0. The molecule has 1 aromatic carbocycles. The summed E-state index contributed by atoms with van der Waals surface area (Å²) in [6.45, 7) is -0.818. The number of ether oxygens (including phenoxy) is 1. The Labute approximate surface area is 154 Å². The zero-order valence-electron chi connectivity index (χ0n) is 13.4. The lowest BCUT2D eigenvalue weighted by atomic mass is 10.1. The molecule has 0 atom stereocenters. The van der Waals surface area contributed by atoms with Crippen molar-refractivity contribution in [2.24, 2.45) is 0 Å². The van der Waals surface area contributed by atoms with Gasteiger partial charge in [0.25, 0.3) is 11.6 Å². The van der Waals surface area contributed by atoms with E-state index in [-0.39, 0.29) is 0 Å². The number of rotatable bonds is 6. The van der Waals surface area contributed by atoms with Crippen molar-refractivity contribution < 1.29 is 32.4 Å². The second kappa shape index (κ2) is 8.45. The zero-order valence-corrected chi connectivity index (χ0v) is 14.2. The van der Waals surface area contributed by atoms with Crippen LogP contribution in [-0.4, -0.2) is 23.4 Å². The van der Waals surface area contributed by atoms with E-state index in [1.165, 1.54) is 17.4 Å². The largest absolute Gasteiger partial charge is 0.452 e. The lowest BCUT2D eigenvalue weighted by Crippen LogP contribution is -2.22. The van der Waals surface area contributed by atoms with Crippen LogP contribution in [0.2, 0.25) is 0 Å². The molecule has 0 bridgehead atoms. The number of nitrogens with one attached hydrogen (secondary N) is 1. The minimum absolute atomic E-state index is 0.311. The van der Waals surface area contributed by atoms with Gasteiger partial charge in [0.2, 0.25) is 0 Å². The number of esters is 1. The molecule has 0 unspecified atom stereocenters. The fourth-order valence-corrected chi connectivity index (χ4v) is 2.51. The highest BCUT2D eigenvalue weighted by molar-refractivity contribution is 7.10. The Balaban J connectivity index is 2.00. The number of carbonyl (C=O) groups excluding carboxylic acids is 2. The predicted molar refractivity (Wildman–Crippen MR) is 91.0 cm³/mol. The second-order valence-corrected chi connectivity index (χ2v) is 5.97. The molecule has 1 N–H and O–H groups in total. The summed E-state index contributed by atoms with van der Waals surface area (Å²) in [7, 11) is 0. The van der Waals surface area contributed by atoms with Crippen molar-refractivity contribution in [2.45, 2.75) is 6.18 Å². The Morgan fingerprint density at radius 2 is 2.04 bits per heavy atom. The summed E-state index contributed by atoms with van der Waals surface area (Å²) in [5.41, 5.74) is -2.83. The lowest BCUT2D eigenvalue weighted by molar-refractivity contribution is -0.385. The number of halogens is 3. The molecule has 0 aliphatic rings. The molecular formula is C16H11F3N2O5S. The van der Waals surface area contributed by atoms with E-state index in [1.807, 2.05) is 5.32 Å². The van der Waals surface area contributed by atoms with Crippen molar-refractivity contribution in [3.05, 3.63) is 62.3 Å². The molecule has 27 heavy (non-hydrogen) atoms. The van der Waals surface area contributed by atoms with E-state index in [4.69, 9.17) is 0 Å². The molecule has 0 aliphatic heterocycles. The van der Waals surface area contributed by atoms with Gasteiger partial charge in [0.1, 0.15) is 0 Å². The maximum Gasteiger partial charge on any atom is 0.418 e. The first-order valence-electron chi connectivity index (χ1n) is 7.20. The standard InChI is InChI=1S/C16H11F3N2O5S/c17-16(18,19)12-8-10(21(24)25)3-5-13(12)20-14(22)9-26-15(23)6-4-11-2-1-7-27-11/h1-8H,9H2,(H,20,22). The highest BCUT2D eigenvalue weighted by atomic mass is 32.1. The van der Waals surface area contributed by atoms with Crippen molar-refractivity contribution in [3.63, 3.8) is 0 Å². The number of carbonyl (C=O) groups is 2. The number of benzene rings is 1. The maximum atomic E-state index is 13.0. The first-order chi connectivity index (χ1) is 12.7. The number of non-ortho nitro benzene ring substituents is 1. The van der Waals surface area contributed by atoms with Crippen molar-refractivity contribution in [1.82, 2.24) is 0 Å². The molecule has 0 radical (unpaired) electrons. The molecule has 7 nitrogen and oxygen atoms in total. The van der Waals surface area contributed by atoms with Crippen molar-refractivity contribution in [2.75, 3.05) is 11.9 Å². The summed E-state index contributed by atoms with van der Waals surface area (Å²) < 4.78 is 43.7. The highest BCUT2D eigenvalue weighted by Crippen LogP contribution is 2.37. The van der Waals surface area contributed by atoms with Crippen LogP contribution >= 0.6 is 11.3 Å². The number of amides is 1. The fraction of sp³-hybridized carbons (Fsp3) is 0.125. The summed E-state index contributed by atoms with van der Waals surface area (Å²) in [5, 5.41) is 14.3. The van der Waals surface area contributed by atoms with Gasteiger partial charge in [-0.3, -0.25) is 14.9 Å². The van der Waals surface area contributed by atoms with Gasteiger partial charge in [-0.1, -0.05) is 6.07 Å². The summed E-state index contributed by atoms with van der Waals surface area (Å²) in [4.78, 5) is 33.7. The van der Waals surface area contributed by atoms with Crippen molar-refractivity contribution in [3.8, 4) is 0 Å². The number of anilines is 1. The van der Waals surface area contributed by atoms with Gasteiger partial charge in [0.05, 0.1) is 16.2 Å². The Bertz CT molecular complexity index is 879. The van der Waals surface area contributed by atoms with E-state index in [9.17, 15) is 32.9 Å². The quantitative estimate of drug-likeness (QED) is 0.344. The average molecular weight is 400 g/mol. The van der Waals surface area contributed by atoms with Crippen molar-refractivity contribution in [1.29, 1.82) is 0 Å². The topological polar surface area (TPSA) is 98.5 Å². The molecule has 2 aromatic rings. The van der Waals surface area contributed by atoms with Gasteiger partial charge in [-0.05, 0) is 23.6 Å². The van der Waals surface area contributed by atoms with Gasteiger partial charge in [-0.2, -0.15) is 13.2 Å². The van der Waals surface area contributed by atoms with Crippen LogP contribution in [0.4, 0.5) is 24.5 Å². The van der Waals surface area contributed by atoms with E-state index in [2.05, 4.69) is 4.74 Å². The number of nitrogens with zero attached hydrogens (tertiary/aromatic N) is 1. The van der Waals surface area contributed by atoms with Crippen LogP contribution in [-0.2, 0) is 20.5 Å². The first-order valence-corrected chi connectivity index (χ1v) is 8.08. The van der Waals surface area contributed by atoms with Crippen LogP contribution in [0.25, 0.3) is 6.08 Å². The van der Waals surface area contributed by atoms with Crippen LogP contribution in [0.15, 0.2) is 41.8 Å². The SMILES string of the molecule is O=C(COC(=O)C=Cc1cccs1)Nc1ccc([N+](=O)[O-])cc1C(F)(F)F. The van der Waals surface area contributed by atoms with Gasteiger partial charge in [-0.15, -0.1) is 11.3 Å². The van der Waals surface area contributed by atoms with E-state index in [0.29, 0.717) is 6.07 Å². The monoisotopic (exact) mass is 400 g/mol. The summed E-state index contributed by atoms with van der Waals surface area (Å²) in [6.07, 6.45) is -2.39. The number of hydrogen-bond acceptors (Lipinski definition) is 6. The maximum absolute atomic E-state index is 13.0. The first kappa shape index (κ1) is 20.1. The molecule has 2 rings (SSSR count). The van der Waals surface area contributed by atoms with Crippen LogP contribution in [0.3, 0.4) is 0 Å². The van der Waals surface area contributed by atoms with Gasteiger partial charge in [-0.25, -0.2) is 4.79 Å². The van der Waals surface area contributed by atoms with Gasteiger partial charge >= 0.3 is 12.1 Å². The average Bonchev–Trinajstić information content (AvgIpc) is 3.11. The Kier molecular flexibility index (Phi) is 6.29. The fourth-order valence-electron chi connectivity index (χ4n) is 1.90. The van der Waals surface area contributed by atoms with Crippen molar-refractivity contribution >= 4 is 40.7 Å². The summed E-state index contributed by atoms with van der Waals surface area (Å²) in [6, 6.07) is 5.41.